The van der Waals surface area contributed by atoms with Crippen LogP contribution in [0.2, 0.25) is 0 Å². The van der Waals surface area contributed by atoms with Gasteiger partial charge in [-0.2, -0.15) is 0 Å². The lowest BCUT2D eigenvalue weighted by atomic mass is 10.0. The molecule has 0 amide bonds. The van der Waals surface area contributed by atoms with Crippen molar-refractivity contribution >= 4 is 17.9 Å². The van der Waals surface area contributed by atoms with Crippen LogP contribution >= 0.6 is 0 Å². The van der Waals surface area contributed by atoms with E-state index in [9.17, 15) is 14.4 Å². The Bertz CT molecular complexity index is 1580. The minimum Gasteiger partial charge on any atom is -0.462 e. The van der Waals surface area contributed by atoms with Crippen LogP contribution in [0.25, 0.3) is 0 Å². The second-order valence-corrected chi connectivity index (χ2v) is 23.0. The molecule has 0 heterocycles. The number of ether oxygens (including phenoxy) is 3. The quantitative estimate of drug-likeness (QED) is 0.0261. The molecule has 0 radical (unpaired) electrons. The third-order valence-electron chi connectivity index (χ3n) is 15.1. The van der Waals surface area contributed by atoms with Gasteiger partial charge in [0.15, 0.2) is 6.10 Å². The number of carbonyl (C=O) groups excluding carboxylic acids is 3. The lowest BCUT2D eigenvalue weighted by Gasteiger charge is -2.18. The van der Waals surface area contributed by atoms with Gasteiger partial charge in [-0.25, -0.2) is 0 Å². The largest absolute Gasteiger partial charge is 0.462 e. The molecule has 0 saturated carbocycles. The van der Waals surface area contributed by atoms with Gasteiger partial charge in [0.1, 0.15) is 13.2 Å². The summed E-state index contributed by atoms with van der Waals surface area (Å²) in [6.07, 6.45) is 93.0. The van der Waals surface area contributed by atoms with E-state index in [4.69, 9.17) is 14.2 Å². The number of carbonyl (C=O) groups is 3. The number of allylic oxidation sites excluding steroid dienone is 16. The third-order valence-corrected chi connectivity index (χ3v) is 15.1. The Hall–Kier alpha value is -3.67. The van der Waals surface area contributed by atoms with Crippen molar-refractivity contribution in [2.45, 2.75) is 348 Å². The molecule has 0 rings (SSSR count). The topological polar surface area (TPSA) is 78.9 Å². The molecule has 0 aromatic rings. The minimum atomic E-state index is -0.796. The molecular weight excluding hydrogens is 997 g/mol. The number of rotatable bonds is 63. The summed E-state index contributed by atoms with van der Waals surface area (Å²) in [7, 11) is 0. The van der Waals surface area contributed by atoms with Gasteiger partial charge in [0.2, 0.25) is 0 Å². The molecule has 0 spiro atoms. The van der Waals surface area contributed by atoms with Crippen molar-refractivity contribution < 1.29 is 28.6 Å². The van der Waals surface area contributed by atoms with E-state index in [1.54, 1.807) is 0 Å². The van der Waals surface area contributed by atoms with Gasteiger partial charge in [-0.15, -0.1) is 0 Å². The molecular formula is C75H130O6. The first-order valence-electron chi connectivity index (χ1n) is 34.7. The van der Waals surface area contributed by atoms with E-state index < -0.39 is 6.10 Å². The molecule has 6 nitrogen and oxygen atoms in total. The summed E-state index contributed by atoms with van der Waals surface area (Å²) in [6.45, 7) is 6.42. The molecule has 1 unspecified atom stereocenters. The fraction of sp³-hybridized carbons (Fsp3) is 0.747. The van der Waals surface area contributed by atoms with Crippen molar-refractivity contribution in [3.8, 4) is 0 Å². The minimum absolute atomic E-state index is 0.0885. The molecule has 0 aromatic heterocycles. The number of hydrogen-bond donors (Lipinski definition) is 0. The Morgan fingerprint density at radius 3 is 0.778 bits per heavy atom. The van der Waals surface area contributed by atoms with Crippen molar-refractivity contribution in [1.29, 1.82) is 0 Å². The summed E-state index contributed by atoms with van der Waals surface area (Å²) in [6, 6.07) is 0. The number of esters is 3. The first-order valence-corrected chi connectivity index (χ1v) is 34.7. The van der Waals surface area contributed by atoms with E-state index in [1.165, 1.54) is 186 Å². The molecule has 466 valence electrons. The lowest BCUT2D eigenvalue weighted by molar-refractivity contribution is -0.167. The first-order chi connectivity index (χ1) is 40.0. The van der Waals surface area contributed by atoms with Gasteiger partial charge in [-0.1, -0.05) is 304 Å². The van der Waals surface area contributed by atoms with Gasteiger partial charge in [0, 0.05) is 19.3 Å². The molecule has 0 aliphatic heterocycles. The molecule has 81 heavy (non-hydrogen) atoms. The van der Waals surface area contributed by atoms with Crippen LogP contribution in [0.1, 0.15) is 342 Å². The van der Waals surface area contributed by atoms with Crippen LogP contribution in [-0.2, 0) is 28.6 Å². The van der Waals surface area contributed by atoms with Crippen molar-refractivity contribution in [3.63, 3.8) is 0 Å². The molecule has 0 aliphatic rings. The first kappa shape index (κ1) is 77.3. The molecule has 0 saturated heterocycles. The van der Waals surface area contributed by atoms with Gasteiger partial charge >= 0.3 is 17.9 Å². The molecule has 0 N–H and O–H groups in total. The molecule has 0 fully saturated rings. The standard InChI is InChI=1S/C75H130O6/c1-4-7-10-13-16-19-22-25-27-29-31-33-34-35-36-37-38-39-40-42-43-45-47-50-53-56-59-62-65-68-74(77)80-71-72(70-79-73(76)67-64-61-58-55-52-49-24-21-18-15-12-9-6-3)81-75(78)69-66-63-60-57-54-51-48-46-44-41-32-30-28-26-23-20-17-14-11-8-5-2/h8-9,11-12,17-18,20-21,26,28-29,31-32,41,49,52,72H,4-7,10,13-16,19,22-25,27,30,33-40,42-48,50-51,53-71H2,1-3H3/b11-8-,12-9-,20-17-,21-18-,28-26-,31-29-,41-32-,52-49-. The second-order valence-electron chi connectivity index (χ2n) is 23.0. The zero-order valence-corrected chi connectivity index (χ0v) is 53.5. The van der Waals surface area contributed by atoms with E-state index in [2.05, 4.69) is 118 Å². The van der Waals surface area contributed by atoms with Crippen molar-refractivity contribution in [2.24, 2.45) is 0 Å². The Morgan fingerprint density at radius 2 is 0.481 bits per heavy atom. The van der Waals surface area contributed by atoms with Crippen LogP contribution in [0.3, 0.4) is 0 Å². The third kappa shape index (κ3) is 67.0. The van der Waals surface area contributed by atoms with Crippen molar-refractivity contribution in [3.05, 3.63) is 97.2 Å². The summed E-state index contributed by atoms with van der Waals surface area (Å²) in [5.74, 6) is -0.914. The molecule has 6 heteroatoms. The van der Waals surface area contributed by atoms with Crippen LogP contribution in [0.4, 0.5) is 0 Å². The van der Waals surface area contributed by atoms with Gasteiger partial charge in [-0.3, -0.25) is 14.4 Å². The zero-order chi connectivity index (χ0) is 58.5. The number of hydrogen-bond acceptors (Lipinski definition) is 6. The fourth-order valence-corrected chi connectivity index (χ4v) is 9.92. The average molecular weight is 1130 g/mol. The molecule has 0 bridgehead atoms. The van der Waals surface area contributed by atoms with Gasteiger partial charge in [0.05, 0.1) is 0 Å². The van der Waals surface area contributed by atoms with Gasteiger partial charge in [0.25, 0.3) is 0 Å². The molecule has 1 atom stereocenters. The summed E-state index contributed by atoms with van der Waals surface area (Å²) < 4.78 is 16.9. The maximum absolute atomic E-state index is 12.9. The normalized spacial score (nSPS) is 12.7. The molecule has 0 aromatic carbocycles. The second kappa shape index (κ2) is 68.8. The van der Waals surface area contributed by atoms with Gasteiger partial charge in [-0.05, 0) is 116 Å². The fourth-order valence-electron chi connectivity index (χ4n) is 9.92. The van der Waals surface area contributed by atoms with E-state index in [1.807, 2.05) is 0 Å². The predicted octanol–water partition coefficient (Wildman–Crippen LogP) is 24.0. The highest BCUT2D eigenvalue weighted by molar-refractivity contribution is 5.71. The summed E-state index contributed by atoms with van der Waals surface area (Å²) in [5, 5.41) is 0. The van der Waals surface area contributed by atoms with E-state index in [0.717, 1.165) is 116 Å². The monoisotopic (exact) mass is 1130 g/mol. The summed E-state index contributed by atoms with van der Waals surface area (Å²) >= 11 is 0. The summed E-state index contributed by atoms with van der Waals surface area (Å²) in [4.78, 5) is 38.4. The van der Waals surface area contributed by atoms with Crippen molar-refractivity contribution in [1.82, 2.24) is 0 Å². The lowest BCUT2D eigenvalue weighted by Crippen LogP contribution is -2.30. The van der Waals surface area contributed by atoms with Gasteiger partial charge < -0.3 is 14.2 Å². The Balaban J connectivity index is 4.25. The van der Waals surface area contributed by atoms with Crippen LogP contribution in [0.15, 0.2) is 97.2 Å². The highest BCUT2D eigenvalue weighted by atomic mass is 16.6. The predicted molar refractivity (Wildman–Crippen MR) is 353 cm³/mol. The van der Waals surface area contributed by atoms with Crippen LogP contribution in [-0.4, -0.2) is 37.2 Å². The van der Waals surface area contributed by atoms with Crippen LogP contribution < -0.4 is 0 Å². The zero-order valence-electron chi connectivity index (χ0n) is 53.5. The maximum atomic E-state index is 12.9. The SMILES string of the molecule is CC/C=C\C/C=C\C/C=C\C/C=C\CCCCCCCCCCC(=O)OC(COC(=O)CCCCC/C=C\C/C=C\C/C=C\CC)COC(=O)CCCCCCCCCCCCCCCCCCC/C=C\CCCCCCCCCC. The average Bonchev–Trinajstić information content (AvgIpc) is 3.46. The van der Waals surface area contributed by atoms with Crippen LogP contribution in [0, 0.1) is 0 Å². The Morgan fingerprint density at radius 1 is 0.259 bits per heavy atom. The Labute approximate surface area is 502 Å². The Kier molecular flexibility index (Phi) is 65.7. The van der Waals surface area contributed by atoms with Crippen molar-refractivity contribution in [2.75, 3.05) is 13.2 Å². The highest BCUT2D eigenvalue weighted by Crippen LogP contribution is 2.17. The van der Waals surface area contributed by atoms with E-state index in [-0.39, 0.29) is 31.1 Å². The summed E-state index contributed by atoms with van der Waals surface area (Å²) in [5.41, 5.74) is 0. The molecule has 0 aliphatic carbocycles. The smallest absolute Gasteiger partial charge is 0.306 e. The number of unbranched alkanes of at least 4 members (excludes halogenated alkanes) is 36. The van der Waals surface area contributed by atoms with E-state index >= 15 is 0 Å². The maximum Gasteiger partial charge on any atom is 0.306 e. The van der Waals surface area contributed by atoms with Crippen LogP contribution in [0.5, 0.6) is 0 Å². The van der Waals surface area contributed by atoms with E-state index in [0.29, 0.717) is 19.3 Å². The highest BCUT2D eigenvalue weighted by Gasteiger charge is 2.19.